The minimum atomic E-state index is -0.171. The SMILES string of the molecule is O=C(NCCCCn1cncn1)c1ccco1. The van der Waals surface area contributed by atoms with Gasteiger partial charge in [-0.3, -0.25) is 9.48 Å². The average Bonchev–Trinajstić information content (AvgIpc) is 3.01. The molecule has 0 aliphatic heterocycles. The van der Waals surface area contributed by atoms with E-state index in [1.54, 1.807) is 23.1 Å². The van der Waals surface area contributed by atoms with E-state index in [4.69, 9.17) is 4.42 Å². The van der Waals surface area contributed by atoms with E-state index in [0.717, 1.165) is 19.4 Å². The number of hydrogen-bond acceptors (Lipinski definition) is 4. The monoisotopic (exact) mass is 234 g/mol. The molecule has 90 valence electrons. The highest BCUT2D eigenvalue weighted by Gasteiger charge is 2.06. The van der Waals surface area contributed by atoms with Crippen molar-refractivity contribution < 1.29 is 9.21 Å². The second-order valence-corrected chi connectivity index (χ2v) is 3.60. The maximum absolute atomic E-state index is 11.5. The van der Waals surface area contributed by atoms with Crippen LogP contribution in [0.1, 0.15) is 23.4 Å². The second-order valence-electron chi connectivity index (χ2n) is 3.60. The first-order chi connectivity index (χ1) is 8.36. The van der Waals surface area contributed by atoms with Gasteiger partial charge in [0.2, 0.25) is 0 Å². The van der Waals surface area contributed by atoms with Crippen LogP contribution < -0.4 is 5.32 Å². The van der Waals surface area contributed by atoms with Crippen molar-refractivity contribution in [2.24, 2.45) is 0 Å². The number of aryl methyl sites for hydroxylation is 1. The maximum atomic E-state index is 11.5. The summed E-state index contributed by atoms with van der Waals surface area (Å²) in [6.45, 7) is 1.45. The molecule has 0 atom stereocenters. The van der Waals surface area contributed by atoms with Crippen LogP contribution in [0.25, 0.3) is 0 Å². The van der Waals surface area contributed by atoms with Gasteiger partial charge in [0, 0.05) is 13.1 Å². The molecule has 0 aliphatic carbocycles. The number of unbranched alkanes of at least 4 members (excludes halogenated alkanes) is 1. The highest BCUT2D eigenvalue weighted by Crippen LogP contribution is 1.99. The number of rotatable bonds is 6. The number of nitrogens with one attached hydrogen (secondary N) is 1. The summed E-state index contributed by atoms with van der Waals surface area (Å²) in [4.78, 5) is 15.3. The lowest BCUT2D eigenvalue weighted by Crippen LogP contribution is -2.24. The molecule has 0 aromatic carbocycles. The van der Waals surface area contributed by atoms with Gasteiger partial charge in [-0.2, -0.15) is 5.10 Å². The minimum absolute atomic E-state index is 0.171. The molecule has 6 heteroatoms. The van der Waals surface area contributed by atoms with Crippen molar-refractivity contribution in [1.82, 2.24) is 20.1 Å². The van der Waals surface area contributed by atoms with Gasteiger partial charge in [-0.1, -0.05) is 0 Å². The fourth-order valence-electron chi connectivity index (χ4n) is 1.44. The van der Waals surface area contributed by atoms with Gasteiger partial charge in [-0.15, -0.1) is 0 Å². The van der Waals surface area contributed by atoms with Gasteiger partial charge in [0.15, 0.2) is 5.76 Å². The third-order valence-electron chi connectivity index (χ3n) is 2.31. The van der Waals surface area contributed by atoms with Crippen molar-refractivity contribution >= 4 is 5.91 Å². The molecule has 0 spiro atoms. The van der Waals surface area contributed by atoms with Crippen LogP contribution in [0, 0.1) is 0 Å². The van der Waals surface area contributed by atoms with E-state index in [0.29, 0.717) is 12.3 Å². The van der Waals surface area contributed by atoms with Crippen LogP contribution in [0.3, 0.4) is 0 Å². The Morgan fingerprint density at radius 3 is 3.12 bits per heavy atom. The zero-order valence-corrected chi connectivity index (χ0v) is 9.37. The predicted octanol–water partition coefficient (Wildman–Crippen LogP) is 1.08. The minimum Gasteiger partial charge on any atom is -0.459 e. The Bertz CT molecular complexity index is 436. The van der Waals surface area contributed by atoms with Gasteiger partial charge in [-0.05, 0) is 25.0 Å². The molecule has 2 aromatic rings. The molecule has 6 nitrogen and oxygen atoms in total. The van der Waals surface area contributed by atoms with E-state index in [9.17, 15) is 4.79 Å². The third kappa shape index (κ3) is 3.44. The number of carbonyl (C=O) groups excluding carboxylic acids is 1. The summed E-state index contributed by atoms with van der Waals surface area (Å²) in [5.74, 6) is 0.178. The quantitative estimate of drug-likeness (QED) is 0.759. The van der Waals surface area contributed by atoms with Crippen molar-refractivity contribution in [1.29, 1.82) is 0 Å². The standard InChI is InChI=1S/C11H14N4O2/c16-11(10-4-3-7-17-10)13-5-1-2-6-15-9-12-8-14-15/h3-4,7-9H,1-2,5-6H2,(H,13,16). The van der Waals surface area contributed by atoms with Gasteiger partial charge < -0.3 is 9.73 Å². The zero-order valence-electron chi connectivity index (χ0n) is 9.37. The lowest BCUT2D eigenvalue weighted by Gasteiger charge is -2.03. The molecule has 2 rings (SSSR count). The topological polar surface area (TPSA) is 73.0 Å². The van der Waals surface area contributed by atoms with Gasteiger partial charge in [-0.25, -0.2) is 4.98 Å². The molecule has 0 bridgehead atoms. The third-order valence-corrected chi connectivity index (χ3v) is 2.31. The van der Waals surface area contributed by atoms with E-state index in [1.807, 2.05) is 0 Å². The lowest BCUT2D eigenvalue weighted by atomic mass is 10.3. The normalized spacial score (nSPS) is 10.4. The Kier molecular flexibility index (Phi) is 3.90. The van der Waals surface area contributed by atoms with Crippen LogP contribution in [0.5, 0.6) is 0 Å². The maximum Gasteiger partial charge on any atom is 0.286 e. The Morgan fingerprint density at radius 1 is 1.47 bits per heavy atom. The fourth-order valence-corrected chi connectivity index (χ4v) is 1.44. The van der Waals surface area contributed by atoms with E-state index in [1.165, 1.54) is 12.6 Å². The van der Waals surface area contributed by atoms with Crippen LogP contribution >= 0.6 is 0 Å². The van der Waals surface area contributed by atoms with E-state index < -0.39 is 0 Å². The van der Waals surface area contributed by atoms with Crippen molar-refractivity contribution in [2.75, 3.05) is 6.54 Å². The molecule has 0 radical (unpaired) electrons. The molecule has 0 saturated carbocycles. The Hall–Kier alpha value is -2.11. The van der Waals surface area contributed by atoms with E-state index >= 15 is 0 Å². The second kappa shape index (κ2) is 5.83. The molecule has 17 heavy (non-hydrogen) atoms. The zero-order chi connectivity index (χ0) is 11.9. The molecule has 0 saturated heterocycles. The van der Waals surface area contributed by atoms with Gasteiger partial charge in [0.05, 0.1) is 6.26 Å². The van der Waals surface area contributed by atoms with Gasteiger partial charge in [0.1, 0.15) is 12.7 Å². The first-order valence-electron chi connectivity index (χ1n) is 5.50. The molecular weight excluding hydrogens is 220 g/mol. The van der Waals surface area contributed by atoms with Crippen LogP contribution in [-0.4, -0.2) is 27.2 Å². The van der Waals surface area contributed by atoms with Gasteiger partial charge in [0.25, 0.3) is 5.91 Å². The number of hydrogen-bond donors (Lipinski definition) is 1. The predicted molar refractivity (Wildman–Crippen MR) is 60.3 cm³/mol. The summed E-state index contributed by atoms with van der Waals surface area (Å²) < 4.78 is 6.75. The average molecular weight is 234 g/mol. The fraction of sp³-hybridized carbons (Fsp3) is 0.364. The lowest BCUT2D eigenvalue weighted by molar-refractivity contribution is 0.0925. The first-order valence-corrected chi connectivity index (χ1v) is 5.50. The highest BCUT2D eigenvalue weighted by atomic mass is 16.3. The molecular formula is C11H14N4O2. The largest absolute Gasteiger partial charge is 0.459 e. The highest BCUT2D eigenvalue weighted by molar-refractivity contribution is 5.91. The molecule has 1 amide bonds. The van der Waals surface area contributed by atoms with Crippen molar-refractivity contribution in [3.05, 3.63) is 36.8 Å². The van der Waals surface area contributed by atoms with Crippen LogP contribution in [0.4, 0.5) is 0 Å². The number of amides is 1. The number of carbonyl (C=O) groups is 1. The molecule has 2 aromatic heterocycles. The summed E-state index contributed by atoms with van der Waals surface area (Å²) in [5.41, 5.74) is 0. The van der Waals surface area contributed by atoms with Crippen molar-refractivity contribution in [3.8, 4) is 0 Å². The molecule has 0 unspecified atom stereocenters. The Balaban J connectivity index is 1.59. The molecule has 1 N–H and O–H groups in total. The van der Waals surface area contributed by atoms with Gasteiger partial charge >= 0.3 is 0 Å². The first kappa shape index (κ1) is 11.4. The number of nitrogens with zero attached hydrogens (tertiary/aromatic N) is 3. The summed E-state index contributed by atoms with van der Waals surface area (Å²) in [6.07, 6.45) is 6.52. The summed E-state index contributed by atoms with van der Waals surface area (Å²) in [7, 11) is 0. The number of aromatic nitrogens is 3. The van der Waals surface area contributed by atoms with Crippen molar-refractivity contribution in [2.45, 2.75) is 19.4 Å². The van der Waals surface area contributed by atoms with E-state index in [2.05, 4.69) is 15.4 Å². The van der Waals surface area contributed by atoms with Crippen LogP contribution in [0.15, 0.2) is 35.5 Å². The Labute approximate surface area is 98.6 Å². The van der Waals surface area contributed by atoms with Crippen LogP contribution in [0.2, 0.25) is 0 Å². The summed E-state index contributed by atoms with van der Waals surface area (Å²) >= 11 is 0. The Morgan fingerprint density at radius 2 is 2.41 bits per heavy atom. The molecule has 0 aliphatic rings. The summed E-state index contributed by atoms with van der Waals surface area (Å²) in [6, 6.07) is 3.34. The van der Waals surface area contributed by atoms with Crippen molar-refractivity contribution in [3.63, 3.8) is 0 Å². The van der Waals surface area contributed by atoms with E-state index in [-0.39, 0.29) is 5.91 Å². The molecule has 2 heterocycles. The summed E-state index contributed by atoms with van der Waals surface area (Å²) in [5, 5.41) is 6.78. The molecule has 0 fully saturated rings. The number of furan rings is 1. The van der Waals surface area contributed by atoms with Crippen LogP contribution in [-0.2, 0) is 6.54 Å². The smallest absolute Gasteiger partial charge is 0.286 e.